The van der Waals surface area contributed by atoms with Gasteiger partial charge in [0.2, 0.25) is 5.96 Å². The van der Waals surface area contributed by atoms with Crippen LogP contribution in [0.5, 0.6) is 0 Å². The molecule has 2 unspecified atom stereocenters. The topological polar surface area (TPSA) is 103 Å². The van der Waals surface area contributed by atoms with Crippen LogP contribution in [-0.4, -0.2) is 29.5 Å². The summed E-state index contributed by atoms with van der Waals surface area (Å²) >= 11 is 1.84. The van der Waals surface area contributed by atoms with Crippen LogP contribution in [0.4, 0.5) is 0 Å². The largest absolute Gasteiger partial charge is 0.370 e. The lowest BCUT2D eigenvalue weighted by atomic mass is 9.95. The average Bonchev–Trinajstić information content (AvgIpc) is 2.17. The molecule has 0 bridgehead atoms. The molecular weight excluding hydrogens is 210 g/mol. The Hall–Kier alpha value is -0.910. The van der Waals surface area contributed by atoms with Crippen molar-refractivity contribution in [1.82, 2.24) is 0 Å². The number of guanidine groups is 2. The van der Waals surface area contributed by atoms with Gasteiger partial charge in [-0.3, -0.25) is 0 Å². The summed E-state index contributed by atoms with van der Waals surface area (Å²) in [5.41, 5.74) is 16.1. The lowest BCUT2D eigenvalue weighted by Gasteiger charge is -2.27. The highest BCUT2D eigenvalue weighted by Gasteiger charge is 2.23. The molecule has 0 aliphatic heterocycles. The molecule has 0 amide bonds. The molecule has 2 atom stereocenters. The number of rotatable bonds is 2. The van der Waals surface area contributed by atoms with Crippen molar-refractivity contribution in [2.75, 3.05) is 6.26 Å². The van der Waals surface area contributed by atoms with Gasteiger partial charge in [-0.15, -0.1) is 0 Å². The van der Waals surface area contributed by atoms with Gasteiger partial charge in [0.05, 0.1) is 6.04 Å². The predicted molar refractivity (Wildman–Crippen MR) is 67.0 cm³/mol. The molecule has 0 saturated heterocycles. The Labute approximate surface area is 94.6 Å². The first-order chi connectivity index (χ1) is 7.13. The van der Waals surface area contributed by atoms with E-state index in [1.54, 1.807) is 0 Å². The number of thioether (sulfide) groups is 1. The first-order valence-electron chi connectivity index (χ1n) is 5.09. The van der Waals surface area contributed by atoms with E-state index in [4.69, 9.17) is 17.2 Å². The molecule has 0 aromatic heterocycles. The fourth-order valence-electron chi connectivity index (χ4n) is 1.83. The van der Waals surface area contributed by atoms with Gasteiger partial charge in [-0.05, 0) is 19.1 Å². The summed E-state index contributed by atoms with van der Waals surface area (Å²) in [6.07, 6.45) is 6.87. The van der Waals surface area contributed by atoms with Crippen LogP contribution in [0.15, 0.2) is 9.98 Å². The van der Waals surface area contributed by atoms with Gasteiger partial charge in [-0.25, -0.2) is 4.99 Å². The highest BCUT2D eigenvalue weighted by atomic mass is 32.2. The summed E-state index contributed by atoms with van der Waals surface area (Å²) < 4.78 is 0. The predicted octanol–water partition coefficient (Wildman–Crippen LogP) is 0.249. The Kier molecular flexibility index (Phi) is 4.74. The zero-order valence-corrected chi connectivity index (χ0v) is 9.83. The van der Waals surface area contributed by atoms with Crippen LogP contribution in [0.3, 0.4) is 0 Å². The normalized spacial score (nSPS) is 27.4. The minimum absolute atomic E-state index is 0.0345. The molecule has 1 rings (SSSR count). The molecule has 1 saturated carbocycles. The zero-order chi connectivity index (χ0) is 11.3. The van der Waals surface area contributed by atoms with Gasteiger partial charge in [-0.2, -0.15) is 16.8 Å². The average molecular weight is 229 g/mol. The van der Waals surface area contributed by atoms with Crippen molar-refractivity contribution in [3.05, 3.63) is 0 Å². The molecule has 1 aliphatic rings. The quantitative estimate of drug-likeness (QED) is 0.466. The molecule has 5 nitrogen and oxygen atoms in total. The number of hydrogen-bond donors (Lipinski definition) is 3. The maximum Gasteiger partial charge on any atom is 0.218 e. The first-order valence-corrected chi connectivity index (χ1v) is 6.38. The SMILES string of the molecule is CSC1CCCCC1N=C(N)N=C(N)N. The van der Waals surface area contributed by atoms with Crippen molar-refractivity contribution in [2.45, 2.75) is 37.0 Å². The molecule has 0 aromatic rings. The fraction of sp³-hybridized carbons (Fsp3) is 0.778. The number of nitrogens with zero attached hydrogens (tertiary/aromatic N) is 2. The van der Waals surface area contributed by atoms with E-state index in [-0.39, 0.29) is 18.0 Å². The Morgan fingerprint density at radius 2 is 1.87 bits per heavy atom. The van der Waals surface area contributed by atoms with Crippen molar-refractivity contribution in [3.63, 3.8) is 0 Å². The van der Waals surface area contributed by atoms with Crippen LogP contribution in [-0.2, 0) is 0 Å². The van der Waals surface area contributed by atoms with Crippen molar-refractivity contribution < 1.29 is 0 Å². The smallest absolute Gasteiger partial charge is 0.218 e. The lowest BCUT2D eigenvalue weighted by Crippen LogP contribution is -2.30. The molecule has 0 heterocycles. The monoisotopic (exact) mass is 229 g/mol. The van der Waals surface area contributed by atoms with Crippen LogP contribution < -0.4 is 17.2 Å². The third kappa shape index (κ3) is 3.99. The molecule has 0 radical (unpaired) electrons. The number of aliphatic imine (C=N–C) groups is 2. The molecular formula is C9H19N5S. The Balaban J connectivity index is 2.64. The first kappa shape index (κ1) is 12.2. The van der Waals surface area contributed by atoms with E-state index in [0.29, 0.717) is 5.25 Å². The Morgan fingerprint density at radius 1 is 1.20 bits per heavy atom. The Morgan fingerprint density at radius 3 is 2.47 bits per heavy atom. The Bertz CT molecular complexity index is 259. The summed E-state index contributed by atoms with van der Waals surface area (Å²) in [7, 11) is 0. The molecule has 86 valence electrons. The highest BCUT2D eigenvalue weighted by molar-refractivity contribution is 7.99. The third-order valence-corrected chi connectivity index (χ3v) is 3.67. The van der Waals surface area contributed by atoms with Gasteiger partial charge in [0.15, 0.2) is 5.96 Å². The van der Waals surface area contributed by atoms with Gasteiger partial charge in [0, 0.05) is 5.25 Å². The van der Waals surface area contributed by atoms with E-state index < -0.39 is 0 Å². The summed E-state index contributed by atoms with van der Waals surface area (Å²) in [5.74, 6) is 0.161. The van der Waals surface area contributed by atoms with Crippen molar-refractivity contribution in [2.24, 2.45) is 27.2 Å². The van der Waals surface area contributed by atoms with E-state index in [1.807, 2.05) is 11.8 Å². The molecule has 6 heteroatoms. The third-order valence-electron chi connectivity index (χ3n) is 2.51. The number of hydrogen-bond acceptors (Lipinski definition) is 2. The summed E-state index contributed by atoms with van der Waals surface area (Å²) in [6, 6.07) is 0.261. The van der Waals surface area contributed by atoms with E-state index in [9.17, 15) is 0 Å². The molecule has 1 aliphatic carbocycles. The maximum absolute atomic E-state index is 5.62. The van der Waals surface area contributed by atoms with E-state index in [1.165, 1.54) is 19.3 Å². The second-order valence-corrected chi connectivity index (χ2v) is 4.73. The van der Waals surface area contributed by atoms with Crippen molar-refractivity contribution >= 4 is 23.7 Å². The van der Waals surface area contributed by atoms with Crippen molar-refractivity contribution in [1.29, 1.82) is 0 Å². The second kappa shape index (κ2) is 5.85. The number of nitrogens with two attached hydrogens (primary N) is 3. The van der Waals surface area contributed by atoms with Crippen LogP contribution in [0, 0.1) is 0 Å². The maximum atomic E-state index is 5.62. The molecule has 0 aromatic carbocycles. The summed E-state index contributed by atoms with van der Waals surface area (Å²) in [5, 5.41) is 0.548. The van der Waals surface area contributed by atoms with Gasteiger partial charge < -0.3 is 17.2 Å². The zero-order valence-electron chi connectivity index (χ0n) is 9.02. The minimum atomic E-state index is -0.0345. The molecule has 15 heavy (non-hydrogen) atoms. The standard InChI is InChI=1S/C9H19N5S/c1-15-7-5-3-2-4-6(7)13-9(12)14-8(10)11/h6-7H,2-5H2,1H3,(H6,10,11,12,13,14). The minimum Gasteiger partial charge on any atom is -0.370 e. The van der Waals surface area contributed by atoms with Crippen LogP contribution >= 0.6 is 11.8 Å². The van der Waals surface area contributed by atoms with Crippen LogP contribution in [0.1, 0.15) is 25.7 Å². The van der Waals surface area contributed by atoms with Crippen molar-refractivity contribution in [3.8, 4) is 0 Å². The molecule has 1 fully saturated rings. The van der Waals surface area contributed by atoms with E-state index in [2.05, 4.69) is 16.2 Å². The van der Waals surface area contributed by atoms with Gasteiger partial charge >= 0.3 is 0 Å². The van der Waals surface area contributed by atoms with E-state index >= 15 is 0 Å². The lowest BCUT2D eigenvalue weighted by molar-refractivity contribution is 0.455. The van der Waals surface area contributed by atoms with Gasteiger partial charge in [0.1, 0.15) is 0 Å². The van der Waals surface area contributed by atoms with Gasteiger partial charge in [-0.1, -0.05) is 12.8 Å². The van der Waals surface area contributed by atoms with Crippen LogP contribution in [0.25, 0.3) is 0 Å². The van der Waals surface area contributed by atoms with Gasteiger partial charge in [0.25, 0.3) is 0 Å². The summed E-state index contributed by atoms with van der Waals surface area (Å²) in [4.78, 5) is 8.09. The molecule has 0 spiro atoms. The van der Waals surface area contributed by atoms with Crippen LogP contribution in [0.2, 0.25) is 0 Å². The highest BCUT2D eigenvalue weighted by Crippen LogP contribution is 2.29. The second-order valence-electron chi connectivity index (χ2n) is 3.65. The van der Waals surface area contributed by atoms with E-state index in [0.717, 1.165) is 6.42 Å². The molecule has 6 N–H and O–H groups in total. The fourth-order valence-corrected chi connectivity index (χ4v) is 2.74. The summed E-state index contributed by atoms with van der Waals surface area (Å²) in [6.45, 7) is 0.